The number of hydrogen-bond acceptors (Lipinski definition) is 7. The zero-order valence-electron chi connectivity index (χ0n) is 18.1. The molecule has 0 saturated heterocycles. The Kier molecular flexibility index (Phi) is 8.15. The van der Waals surface area contributed by atoms with Crippen molar-refractivity contribution in [2.24, 2.45) is 0 Å². The third-order valence-electron chi connectivity index (χ3n) is 4.06. The molecule has 1 amide bonds. The van der Waals surface area contributed by atoms with Gasteiger partial charge in [-0.3, -0.25) is 10.1 Å². The molecule has 0 heterocycles. The van der Waals surface area contributed by atoms with Gasteiger partial charge in [-0.2, -0.15) is 0 Å². The lowest BCUT2D eigenvalue weighted by Gasteiger charge is -2.22. The van der Waals surface area contributed by atoms with Gasteiger partial charge >= 0.3 is 17.7 Å². The fourth-order valence-electron chi connectivity index (χ4n) is 2.72. The van der Waals surface area contributed by atoms with E-state index in [0.29, 0.717) is 0 Å². The molecule has 0 bridgehead atoms. The first-order valence-corrected chi connectivity index (χ1v) is 9.86. The minimum atomic E-state index is -1.40. The number of nitrogens with zero attached hydrogens (tertiary/aromatic N) is 1. The standard InChI is InChI=1S/C21H21ClF2N2O7/c1-21(2,3)33-20(28)25-15(19(27)31-4)9-11-5-8-14(24)18(17(11)26(29)30)32-16-10-12(23)6-7-13(16)22/h5-8,10,15H,9H2,1-4H3,(H,25,28)/t15-/m1/s1. The van der Waals surface area contributed by atoms with E-state index >= 15 is 0 Å². The van der Waals surface area contributed by atoms with Gasteiger partial charge in [0.15, 0.2) is 5.82 Å². The molecule has 0 fully saturated rings. The Labute approximate surface area is 192 Å². The Hall–Kier alpha value is -3.47. The van der Waals surface area contributed by atoms with Crippen LogP contribution in [0.4, 0.5) is 19.3 Å². The molecule has 33 heavy (non-hydrogen) atoms. The van der Waals surface area contributed by atoms with Crippen LogP contribution in [0.2, 0.25) is 5.02 Å². The summed E-state index contributed by atoms with van der Waals surface area (Å²) < 4.78 is 43.1. The molecule has 12 heteroatoms. The molecule has 0 unspecified atom stereocenters. The lowest BCUT2D eigenvalue weighted by molar-refractivity contribution is -0.386. The molecule has 9 nitrogen and oxygen atoms in total. The number of benzene rings is 2. The first-order valence-electron chi connectivity index (χ1n) is 9.48. The number of esters is 1. The summed E-state index contributed by atoms with van der Waals surface area (Å²) in [6.45, 7) is 4.81. The molecule has 1 N–H and O–H groups in total. The van der Waals surface area contributed by atoms with Crippen LogP contribution < -0.4 is 10.1 Å². The first kappa shape index (κ1) is 25.8. The minimum Gasteiger partial charge on any atom is -0.467 e. The third kappa shape index (κ3) is 7.01. The first-order chi connectivity index (χ1) is 15.3. The summed E-state index contributed by atoms with van der Waals surface area (Å²) in [7, 11) is 1.06. The number of ether oxygens (including phenoxy) is 3. The average Bonchev–Trinajstić information content (AvgIpc) is 2.70. The van der Waals surface area contributed by atoms with Gasteiger partial charge in [-0.15, -0.1) is 0 Å². The number of nitrogens with one attached hydrogen (secondary N) is 1. The van der Waals surface area contributed by atoms with E-state index in [0.717, 1.165) is 37.4 Å². The summed E-state index contributed by atoms with van der Waals surface area (Å²) >= 11 is 5.92. The fourth-order valence-corrected chi connectivity index (χ4v) is 2.88. The molecule has 2 aromatic carbocycles. The van der Waals surface area contributed by atoms with E-state index in [9.17, 15) is 28.5 Å². The van der Waals surface area contributed by atoms with Gasteiger partial charge in [-0.05, 0) is 45.0 Å². The van der Waals surface area contributed by atoms with Crippen molar-refractivity contribution in [3.8, 4) is 11.5 Å². The Morgan fingerprint density at radius 3 is 2.45 bits per heavy atom. The van der Waals surface area contributed by atoms with E-state index in [1.165, 1.54) is 0 Å². The normalized spacial score (nSPS) is 12.0. The summed E-state index contributed by atoms with van der Waals surface area (Å²) in [6, 6.07) is 3.52. The van der Waals surface area contributed by atoms with Crippen LogP contribution in [0.5, 0.6) is 11.5 Å². The molecular weight excluding hydrogens is 466 g/mol. The van der Waals surface area contributed by atoms with Crippen molar-refractivity contribution >= 4 is 29.4 Å². The summed E-state index contributed by atoms with van der Waals surface area (Å²) in [5.41, 5.74) is -1.89. The highest BCUT2D eigenvalue weighted by Gasteiger charge is 2.32. The lowest BCUT2D eigenvalue weighted by Crippen LogP contribution is -2.45. The van der Waals surface area contributed by atoms with E-state index in [2.05, 4.69) is 10.1 Å². The molecule has 178 valence electrons. The largest absolute Gasteiger partial charge is 0.467 e. The van der Waals surface area contributed by atoms with Crippen molar-refractivity contribution in [1.82, 2.24) is 5.32 Å². The lowest BCUT2D eigenvalue weighted by atomic mass is 10.0. The van der Waals surface area contributed by atoms with Gasteiger partial charge in [-0.25, -0.2) is 18.4 Å². The molecule has 1 atom stereocenters. The number of nitro benzene ring substituents is 1. The molecule has 0 spiro atoms. The fraction of sp³-hybridized carbons (Fsp3) is 0.333. The van der Waals surface area contributed by atoms with Gasteiger partial charge in [0.1, 0.15) is 23.2 Å². The number of carbonyl (C=O) groups is 2. The number of hydrogen-bond donors (Lipinski definition) is 1. The van der Waals surface area contributed by atoms with Crippen LogP contribution in [0.3, 0.4) is 0 Å². The summed E-state index contributed by atoms with van der Waals surface area (Å²) in [4.78, 5) is 35.2. The Balaban J connectivity index is 2.46. The van der Waals surface area contributed by atoms with Crippen LogP contribution in [0.25, 0.3) is 0 Å². The molecule has 0 radical (unpaired) electrons. The number of carbonyl (C=O) groups excluding carboxylic acids is 2. The van der Waals surface area contributed by atoms with Crippen LogP contribution in [-0.4, -0.2) is 35.7 Å². The monoisotopic (exact) mass is 486 g/mol. The van der Waals surface area contributed by atoms with Crippen LogP contribution in [0.1, 0.15) is 26.3 Å². The summed E-state index contributed by atoms with van der Waals surface area (Å²) in [5, 5.41) is 14.0. The number of rotatable bonds is 7. The van der Waals surface area contributed by atoms with Crippen molar-refractivity contribution in [2.45, 2.75) is 38.8 Å². The minimum absolute atomic E-state index is 0.116. The zero-order valence-corrected chi connectivity index (χ0v) is 18.9. The van der Waals surface area contributed by atoms with Gasteiger partial charge in [0.2, 0.25) is 5.75 Å². The second-order valence-corrected chi connectivity index (χ2v) is 8.15. The highest BCUT2D eigenvalue weighted by Crippen LogP contribution is 2.39. The van der Waals surface area contributed by atoms with Crippen molar-refractivity contribution < 1.29 is 37.5 Å². The molecule has 2 rings (SSSR count). The van der Waals surface area contributed by atoms with Crippen molar-refractivity contribution in [3.05, 3.63) is 62.7 Å². The van der Waals surface area contributed by atoms with E-state index in [4.69, 9.17) is 21.1 Å². The van der Waals surface area contributed by atoms with Crippen LogP contribution in [0, 0.1) is 21.7 Å². The number of halogens is 3. The maximum atomic E-state index is 14.5. The molecule has 0 aliphatic carbocycles. The predicted molar refractivity (Wildman–Crippen MR) is 113 cm³/mol. The highest BCUT2D eigenvalue weighted by atomic mass is 35.5. The molecule has 0 aromatic heterocycles. The quantitative estimate of drug-likeness (QED) is 0.335. The second-order valence-electron chi connectivity index (χ2n) is 7.74. The van der Waals surface area contributed by atoms with Crippen LogP contribution in [-0.2, 0) is 20.7 Å². The predicted octanol–water partition coefficient (Wildman–Crippen LogP) is 4.93. The van der Waals surface area contributed by atoms with Crippen molar-refractivity contribution in [1.29, 1.82) is 0 Å². The van der Waals surface area contributed by atoms with Crippen molar-refractivity contribution in [2.75, 3.05) is 7.11 Å². The van der Waals surface area contributed by atoms with Gasteiger partial charge in [0.25, 0.3) is 0 Å². The Morgan fingerprint density at radius 1 is 1.21 bits per heavy atom. The topological polar surface area (TPSA) is 117 Å². The average molecular weight is 487 g/mol. The second kappa shape index (κ2) is 10.4. The van der Waals surface area contributed by atoms with Gasteiger partial charge in [-0.1, -0.05) is 11.6 Å². The SMILES string of the molecule is COC(=O)[C@@H](Cc1ccc(F)c(Oc2cc(F)ccc2Cl)c1[N+](=O)[O-])NC(=O)OC(C)(C)C. The maximum absolute atomic E-state index is 14.5. The molecule has 0 aliphatic heterocycles. The third-order valence-corrected chi connectivity index (χ3v) is 4.37. The van der Waals surface area contributed by atoms with Gasteiger partial charge in [0.05, 0.1) is 17.1 Å². The van der Waals surface area contributed by atoms with E-state index < -0.39 is 58.1 Å². The smallest absolute Gasteiger partial charge is 0.408 e. The Morgan fingerprint density at radius 2 is 1.88 bits per heavy atom. The van der Waals surface area contributed by atoms with Gasteiger partial charge < -0.3 is 19.5 Å². The summed E-state index contributed by atoms with van der Waals surface area (Å²) in [5.74, 6) is -4.00. The Bertz CT molecular complexity index is 1070. The maximum Gasteiger partial charge on any atom is 0.408 e. The van der Waals surface area contributed by atoms with Crippen LogP contribution >= 0.6 is 11.6 Å². The molecular formula is C21H21ClF2N2O7. The van der Waals surface area contributed by atoms with E-state index in [1.807, 2.05) is 0 Å². The number of methoxy groups -OCH3 is 1. The zero-order chi connectivity index (χ0) is 24.9. The highest BCUT2D eigenvalue weighted by molar-refractivity contribution is 6.32. The molecule has 0 saturated carbocycles. The van der Waals surface area contributed by atoms with E-state index in [1.54, 1.807) is 20.8 Å². The molecule has 0 aliphatic rings. The van der Waals surface area contributed by atoms with Crippen LogP contribution in [0.15, 0.2) is 30.3 Å². The number of amides is 1. The van der Waals surface area contributed by atoms with E-state index in [-0.39, 0.29) is 16.3 Å². The van der Waals surface area contributed by atoms with Gasteiger partial charge in [0, 0.05) is 18.1 Å². The number of alkyl carbamates (subject to hydrolysis) is 1. The molecule has 2 aromatic rings. The van der Waals surface area contributed by atoms with Crippen molar-refractivity contribution in [3.63, 3.8) is 0 Å². The summed E-state index contributed by atoms with van der Waals surface area (Å²) in [6.07, 6.45) is -1.43. The number of nitro groups is 1.